The molecule has 2 aromatic rings. The summed E-state index contributed by atoms with van der Waals surface area (Å²) in [6.07, 6.45) is 3.48. The number of sulfone groups is 1. The van der Waals surface area contributed by atoms with Crippen LogP contribution in [0.15, 0.2) is 58.4 Å². The summed E-state index contributed by atoms with van der Waals surface area (Å²) in [6.45, 7) is 6.95. The maximum absolute atomic E-state index is 11.6. The van der Waals surface area contributed by atoms with E-state index in [9.17, 15) is 8.42 Å². The highest BCUT2D eigenvalue weighted by molar-refractivity contribution is 7.90. The molecule has 2 N–H and O–H groups in total. The van der Waals surface area contributed by atoms with E-state index in [0.717, 1.165) is 44.1 Å². The fourth-order valence-corrected chi connectivity index (χ4v) is 4.39. The van der Waals surface area contributed by atoms with E-state index in [4.69, 9.17) is 4.74 Å². The highest BCUT2D eigenvalue weighted by Crippen LogP contribution is 2.33. The largest absolute Gasteiger partial charge is 0.373 e. The van der Waals surface area contributed by atoms with Gasteiger partial charge >= 0.3 is 0 Å². The van der Waals surface area contributed by atoms with Gasteiger partial charge in [0.2, 0.25) is 0 Å². The third-order valence-electron chi connectivity index (χ3n) is 5.50. The van der Waals surface area contributed by atoms with Crippen molar-refractivity contribution in [2.45, 2.75) is 44.2 Å². The van der Waals surface area contributed by atoms with Crippen molar-refractivity contribution in [2.75, 3.05) is 26.0 Å². The Hall–Kier alpha value is -2.38. The Balaban J connectivity index is 1.64. The van der Waals surface area contributed by atoms with E-state index < -0.39 is 9.84 Å². The van der Waals surface area contributed by atoms with Gasteiger partial charge in [-0.05, 0) is 49.9 Å². The number of nitrogens with zero attached hydrogens (tertiary/aromatic N) is 1. The molecule has 7 heteroatoms. The first-order valence-corrected chi connectivity index (χ1v) is 12.8. The molecule has 0 aromatic heterocycles. The molecule has 0 radical (unpaired) electrons. The van der Waals surface area contributed by atoms with E-state index >= 15 is 0 Å². The van der Waals surface area contributed by atoms with Crippen LogP contribution in [0.2, 0.25) is 0 Å². The Morgan fingerprint density at radius 2 is 1.81 bits per heavy atom. The van der Waals surface area contributed by atoms with E-state index in [0.29, 0.717) is 17.4 Å². The van der Waals surface area contributed by atoms with Gasteiger partial charge in [0.1, 0.15) is 0 Å². The SMILES string of the molecule is CCNC(=NCc1ccc(S(C)(=O)=O)cc1)NCC1CCCOC1c1ccc(C)cc1. The zero-order valence-electron chi connectivity index (χ0n) is 18.6. The van der Waals surface area contributed by atoms with Gasteiger partial charge in [-0.25, -0.2) is 13.4 Å². The van der Waals surface area contributed by atoms with Crippen LogP contribution in [0.3, 0.4) is 0 Å². The van der Waals surface area contributed by atoms with Gasteiger partial charge in [-0.3, -0.25) is 0 Å². The van der Waals surface area contributed by atoms with Crippen molar-refractivity contribution in [1.29, 1.82) is 0 Å². The zero-order chi connectivity index (χ0) is 22.3. The normalized spacial score (nSPS) is 19.8. The van der Waals surface area contributed by atoms with Crippen LogP contribution in [0, 0.1) is 12.8 Å². The van der Waals surface area contributed by atoms with Crippen LogP contribution in [0.4, 0.5) is 0 Å². The second-order valence-corrected chi connectivity index (χ2v) is 10.1. The number of aryl methyl sites for hydroxylation is 1. The lowest BCUT2D eigenvalue weighted by Crippen LogP contribution is -2.42. The summed E-state index contributed by atoms with van der Waals surface area (Å²) in [4.78, 5) is 5.00. The van der Waals surface area contributed by atoms with Crippen molar-refractivity contribution in [3.63, 3.8) is 0 Å². The monoisotopic (exact) mass is 443 g/mol. The Bertz CT molecular complexity index is 970. The minimum absolute atomic E-state index is 0.0910. The molecule has 2 unspecified atom stereocenters. The molecule has 0 aliphatic carbocycles. The van der Waals surface area contributed by atoms with Gasteiger partial charge in [0.15, 0.2) is 15.8 Å². The first-order chi connectivity index (χ1) is 14.9. The van der Waals surface area contributed by atoms with Crippen LogP contribution in [-0.4, -0.2) is 40.3 Å². The Labute approximate surface area is 186 Å². The summed E-state index contributed by atoms with van der Waals surface area (Å²) in [7, 11) is -3.18. The molecule has 6 nitrogen and oxygen atoms in total. The molecular weight excluding hydrogens is 410 g/mol. The first kappa shape index (κ1) is 23.3. The molecule has 1 saturated heterocycles. The summed E-state index contributed by atoms with van der Waals surface area (Å²) in [6, 6.07) is 15.5. The lowest BCUT2D eigenvalue weighted by Gasteiger charge is -2.32. The summed E-state index contributed by atoms with van der Waals surface area (Å²) in [5.41, 5.74) is 3.44. The van der Waals surface area contributed by atoms with E-state index in [2.05, 4.69) is 46.8 Å². The van der Waals surface area contributed by atoms with Gasteiger partial charge in [0.05, 0.1) is 17.5 Å². The molecule has 31 heavy (non-hydrogen) atoms. The fraction of sp³-hybridized carbons (Fsp3) is 0.458. The molecule has 2 aromatic carbocycles. The smallest absolute Gasteiger partial charge is 0.191 e. The second-order valence-electron chi connectivity index (χ2n) is 8.10. The fourth-order valence-electron chi connectivity index (χ4n) is 3.76. The van der Waals surface area contributed by atoms with Gasteiger partial charge in [-0.2, -0.15) is 0 Å². The van der Waals surface area contributed by atoms with Crippen molar-refractivity contribution in [2.24, 2.45) is 10.9 Å². The number of nitrogens with one attached hydrogen (secondary N) is 2. The van der Waals surface area contributed by atoms with Gasteiger partial charge in [0.25, 0.3) is 0 Å². The summed E-state index contributed by atoms with van der Waals surface area (Å²) in [5.74, 6) is 1.12. The van der Waals surface area contributed by atoms with Gasteiger partial charge in [-0.15, -0.1) is 0 Å². The third-order valence-corrected chi connectivity index (χ3v) is 6.63. The van der Waals surface area contributed by atoms with Crippen LogP contribution < -0.4 is 10.6 Å². The molecule has 3 rings (SSSR count). The van der Waals surface area contributed by atoms with Crippen LogP contribution in [0.25, 0.3) is 0 Å². The van der Waals surface area contributed by atoms with Gasteiger partial charge in [-0.1, -0.05) is 42.0 Å². The van der Waals surface area contributed by atoms with Crippen LogP contribution >= 0.6 is 0 Å². The predicted molar refractivity (Wildman–Crippen MR) is 125 cm³/mol. The van der Waals surface area contributed by atoms with Gasteiger partial charge in [0, 0.05) is 31.9 Å². The van der Waals surface area contributed by atoms with E-state index in [1.165, 1.54) is 17.4 Å². The van der Waals surface area contributed by atoms with Crippen molar-refractivity contribution < 1.29 is 13.2 Å². The number of hydrogen-bond donors (Lipinski definition) is 2. The van der Waals surface area contributed by atoms with E-state index in [1.54, 1.807) is 12.1 Å². The Morgan fingerprint density at radius 3 is 2.45 bits per heavy atom. The number of rotatable bonds is 7. The van der Waals surface area contributed by atoms with Crippen molar-refractivity contribution in [3.05, 3.63) is 65.2 Å². The topological polar surface area (TPSA) is 79.8 Å². The second kappa shape index (κ2) is 10.8. The quantitative estimate of drug-likeness (QED) is 0.505. The predicted octanol–water partition coefficient (Wildman–Crippen LogP) is 3.62. The molecule has 2 atom stereocenters. The maximum Gasteiger partial charge on any atom is 0.191 e. The molecule has 1 fully saturated rings. The minimum atomic E-state index is -3.18. The molecule has 1 aliphatic rings. The van der Waals surface area contributed by atoms with E-state index in [1.807, 2.05) is 19.1 Å². The first-order valence-electron chi connectivity index (χ1n) is 10.9. The van der Waals surface area contributed by atoms with Crippen molar-refractivity contribution in [3.8, 4) is 0 Å². The van der Waals surface area contributed by atoms with Crippen LogP contribution in [-0.2, 0) is 21.1 Å². The summed E-state index contributed by atoms with van der Waals surface area (Å²) < 4.78 is 29.4. The summed E-state index contributed by atoms with van der Waals surface area (Å²) in [5, 5.41) is 6.76. The molecule has 168 valence electrons. The highest BCUT2D eigenvalue weighted by atomic mass is 32.2. The summed E-state index contributed by atoms with van der Waals surface area (Å²) >= 11 is 0. The zero-order valence-corrected chi connectivity index (χ0v) is 19.4. The highest BCUT2D eigenvalue weighted by Gasteiger charge is 2.27. The third kappa shape index (κ3) is 6.80. The number of hydrogen-bond acceptors (Lipinski definition) is 4. The Kier molecular flexibility index (Phi) is 8.09. The number of ether oxygens (including phenoxy) is 1. The minimum Gasteiger partial charge on any atom is -0.373 e. The lowest BCUT2D eigenvalue weighted by molar-refractivity contribution is -0.0265. The number of guanidine groups is 1. The van der Waals surface area contributed by atoms with Crippen molar-refractivity contribution >= 4 is 15.8 Å². The maximum atomic E-state index is 11.6. The van der Waals surface area contributed by atoms with Crippen LogP contribution in [0.5, 0.6) is 0 Å². The molecule has 0 saturated carbocycles. The molecule has 0 bridgehead atoms. The average Bonchev–Trinajstić information content (AvgIpc) is 2.76. The van der Waals surface area contributed by atoms with Gasteiger partial charge < -0.3 is 15.4 Å². The standard InChI is InChI=1S/C24H33N3O3S/c1-4-25-24(26-16-19-9-13-22(14-10-19)31(3,28)29)27-17-21-6-5-15-30-23(21)20-11-7-18(2)8-12-20/h7-14,21,23H,4-6,15-17H2,1-3H3,(H2,25,26,27). The number of benzene rings is 2. The Morgan fingerprint density at radius 1 is 1.10 bits per heavy atom. The average molecular weight is 444 g/mol. The molecule has 0 spiro atoms. The molecule has 0 amide bonds. The molecule has 1 heterocycles. The molecule has 1 aliphatic heterocycles. The lowest BCUT2D eigenvalue weighted by atomic mass is 9.89. The van der Waals surface area contributed by atoms with E-state index in [-0.39, 0.29) is 6.10 Å². The van der Waals surface area contributed by atoms with Crippen LogP contribution in [0.1, 0.15) is 42.6 Å². The van der Waals surface area contributed by atoms with Crippen molar-refractivity contribution in [1.82, 2.24) is 10.6 Å². The number of aliphatic imine (C=N–C) groups is 1. The molecular formula is C24H33N3O3S.